The van der Waals surface area contributed by atoms with Gasteiger partial charge in [-0.15, -0.1) is 0 Å². The van der Waals surface area contributed by atoms with E-state index in [0.29, 0.717) is 25.0 Å². The number of rotatable bonds is 9. The quantitative estimate of drug-likeness (QED) is 0.644. The average molecular weight is 279 g/mol. The van der Waals surface area contributed by atoms with E-state index < -0.39 is 10.2 Å². The maximum Gasteiger partial charge on any atom is 0.281 e. The molecular weight excluding hydrogens is 250 g/mol. The molecule has 0 saturated carbocycles. The van der Waals surface area contributed by atoms with Crippen LogP contribution in [0.1, 0.15) is 34.1 Å². The van der Waals surface area contributed by atoms with E-state index in [2.05, 4.69) is 19.2 Å². The van der Waals surface area contributed by atoms with Crippen molar-refractivity contribution in [3.05, 3.63) is 0 Å². The molecule has 0 aromatic rings. The van der Waals surface area contributed by atoms with Crippen molar-refractivity contribution in [2.45, 2.75) is 40.2 Å². The van der Waals surface area contributed by atoms with E-state index in [1.165, 1.54) is 8.61 Å². The Balaban J connectivity index is 4.18. The molecule has 0 saturated heterocycles. The van der Waals surface area contributed by atoms with Gasteiger partial charge in [-0.2, -0.15) is 17.0 Å². The highest BCUT2D eigenvalue weighted by atomic mass is 32.2. The second-order valence-electron chi connectivity index (χ2n) is 5.47. The van der Waals surface area contributed by atoms with Crippen LogP contribution in [0.2, 0.25) is 0 Å². The van der Waals surface area contributed by atoms with Gasteiger partial charge >= 0.3 is 0 Å². The Morgan fingerprint density at radius 3 is 2.06 bits per heavy atom. The molecule has 0 aromatic heterocycles. The van der Waals surface area contributed by atoms with Gasteiger partial charge in [-0.25, -0.2) is 0 Å². The minimum atomic E-state index is -3.30. The fourth-order valence-electron chi connectivity index (χ4n) is 1.65. The SMILES string of the molecule is CC(C)CN(C)S(=O)(=O)N(C)CCCNC(C)C. The number of nitrogens with one attached hydrogen (secondary N) is 1. The molecule has 0 fully saturated rings. The third-order valence-electron chi connectivity index (χ3n) is 2.61. The van der Waals surface area contributed by atoms with Crippen molar-refractivity contribution in [2.75, 3.05) is 33.7 Å². The molecule has 0 aromatic carbocycles. The van der Waals surface area contributed by atoms with Gasteiger partial charge in [0.1, 0.15) is 0 Å². The van der Waals surface area contributed by atoms with Gasteiger partial charge in [0, 0.05) is 33.2 Å². The molecule has 5 nitrogen and oxygen atoms in total. The van der Waals surface area contributed by atoms with Crippen molar-refractivity contribution in [3.63, 3.8) is 0 Å². The first-order valence-electron chi connectivity index (χ1n) is 6.59. The Morgan fingerprint density at radius 1 is 1.06 bits per heavy atom. The number of nitrogens with zero attached hydrogens (tertiary/aromatic N) is 2. The van der Waals surface area contributed by atoms with Crippen molar-refractivity contribution >= 4 is 10.2 Å². The molecule has 110 valence electrons. The van der Waals surface area contributed by atoms with Gasteiger partial charge in [-0.1, -0.05) is 27.7 Å². The fourth-order valence-corrected chi connectivity index (χ4v) is 2.98. The minimum Gasteiger partial charge on any atom is -0.314 e. The molecule has 0 aliphatic rings. The summed E-state index contributed by atoms with van der Waals surface area (Å²) in [5.41, 5.74) is 0. The standard InChI is InChI=1S/C12H29N3O2S/c1-11(2)10-15(6)18(16,17)14(5)9-7-8-13-12(3)4/h11-13H,7-10H2,1-6H3. The monoisotopic (exact) mass is 279 g/mol. The van der Waals surface area contributed by atoms with E-state index >= 15 is 0 Å². The Kier molecular flexibility index (Phi) is 8.02. The van der Waals surface area contributed by atoms with E-state index in [-0.39, 0.29) is 0 Å². The summed E-state index contributed by atoms with van der Waals surface area (Å²) in [6.07, 6.45) is 0.823. The lowest BCUT2D eigenvalue weighted by atomic mass is 10.2. The third kappa shape index (κ3) is 6.68. The molecule has 6 heteroatoms. The third-order valence-corrected chi connectivity index (χ3v) is 4.52. The maximum absolute atomic E-state index is 12.1. The van der Waals surface area contributed by atoms with Gasteiger partial charge in [0.05, 0.1) is 0 Å². The summed E-state index contributed by atoms with van der Waals surface area (Å²) in [5, 5.41) is 3.28. The average Bonchev–Trinajstić information content (AvgIpc) is 2.22. The summed E-state index contributed by atoms with van der Waals surface area (Å²) in [5.74, 6) is 0.334. The summed E-state index contributed by atoms with van der Waals surface area (Å²) in [7, 11) is -0.0184. The van der Waals surface area contributed by atoms with Gasteiger partial charge in [0.25, 0.3) is 10.2 Å². The Labute approximate surface area is 113 Å². The minimum absolute atomic E-state index is 0.334. The molecule has 0 heterocycles. The lowest BCUT2D eigenvalue weighted by Gasteiger charge is -2.25. The molecule has 0 atom stereocenters. The molecule has 0 aliphatic heterocycles. The predicted molar refractivity (Wildman–Crippen MR) is 76.8 cm³/mol. The highest BCUT2D eigenvalue weighted by Gasteiger charge is 2.23. The molecule has 0 radical (unpaired) electrons. The summed E-state index contributed by atoms with van der Waals surface area (Å²) in [6.45, 7) is 10.1. The van der Waals surface area contributed by atoms with E-state index in [0.717, 1.165) is 13.0 Å². The molecule has 0 spiro atoms. The molecule has 0 aliphatic carbocycles. The van der Waals surface area contributed by atoms with Crippen LogP contribution in [0, 0.1) is 5.92 Å². The van der Waals surface area contributed by atoms with Gasteiger partial charge in [0.2, 0.25) is 0 Å². The summed E-state index contributed by atoms with van der Waals surface area (Å²) in [4.78, 5) is 0. The summed E-state index contributed by atoms with van der Waals surface area (Å²) in [6, 6.07) is 0.440. The summed E-state index contributed by atoms with van der Waals surface area (Å²) < 4.78 is 27.1. The predicted octanol–water partition coefficient (Wildman–Crippen LogP) is 1.14. The van der Waals surface area contributed by atoms with E-state index in [1.807, 2.05) is 13.8 Å². The van der Waals surface area contributed by atoms with Crippen LogP contribution in [0.15, 0.2) is 0 Å². The van der Waals surface area contributed by atoms with Crippen LogP contribution >= 0.6 is 0 Å². The van der Waals surface area contributed by atoms with Crippen LogP contribution in [0.25, 0.3) is 0 Å². The molecule has 0 bridgehead atoms. The highest BCUT2D eigenvalue weighted by molar-refractivity contribution is 7.86. The lowest BCUT2D eigenvalue weighted by Crippen LogP contribution is -2.42. The second-order valence-corrected chi connectivity index (χ2v) is 7.61. The van der Waals surface area contributed by atoms with E-state index in [4.69, 9.17) is 0 Å². The zero-order valence-electron chi connectivity index (χ0n) is 12.6. The largest absolute Gasteiger partial charge is 0.314 e. The van der Waals surface area contributed by atoms with E-state index in [9.17, 15) is 8.42 Å². The molecule has 0 rings (SSSR count). The van der Waals surface area contributed by atoms with Crippen LogP contribution in [0.4, 0.5) is 0 Å². The Morgan fingerprint density at radius 2 is 1.61 bits per heavy atom. The van der Waals surface area contributed by atoms with E-state index in [1.54, 1.807) is 14.1 Å². The fraction of sp³-hybridized carbons (Fsp3) is 1.00. The van der Waals surface area contributed by atoms with Crippen LogP contribution < -0.4 is 5.32 Å². The second kappa shape index (κ2) is 8.09. The first-order valence-corrected chi connectivity index (χ1v) is 7.98. The van der Waals surface area contributed by atoms with Crippen LogP contribution in [-0.2, 0) is 10.2 Å². The molecule has 18 heavy (non-hydrogen) atoms. The van der Waals surface area contributed by atoms with Crippen molar-refractivity contribution < 1.29 is 8.42 Å². The van der Waals surface area contributed by atoms with Gasteiger partial charge in [-0.3, -0.25) is 0 Å². The molecule has 0 unspecified atom stereocenters. The molecular formula is C12H29N3O2S. The van der Waals surface area contributed by atoms with Gasteiger partial charge < -0.3 is 5.32 Å². The Hall–Kier alpha value is -0.170. The maximum atomic E-state index is 12.1. The zero-order valence-corrected chi connectivity index (χ0v) is 13.4. The first-order chi connectivity index (χ1) is 8.17. The highest BCUT2D eigenvalue weighted by Crippen LogP contribution is 2.07. The Bertz CT molecular complexity index is 315. The smallest absolute Gasteiger partial charge is 0.281 e. The van der Waals surface area contributed by atoms with Crippen LogP contribution in [0.3, 0.4) is 0 Å². The lowest BCUT2D eigenvalue weighted by molar-refractivity contribution is 0.362. The number of hydrogen-bond donors (Lipinski definition) is 1. The summed E-state index contributed by atoms with van der Waals surface area (Å²) >= 11 is 0. The normalized spacial score (nSPS) is 13.2. The van der Waals surface area contributed by atoms with Crippen molar-refractivity contribution in [3.8, 4) is 0 Å². The zero-order chi connectivity index (χ0) is 14.3. The van der Waals surface area contributed by atoms with Gasteiger partial charge in [0.15, 0.2) is 0 Å². The first kappa shape index (κ1) is 17.8. The van der Waals surface area contributed by atoms with Crippen LogP contribution in [0.5, 0.6) is 0 Å². The van der Waals surface area contributed by atoms with Gasteiger partial charge in [-0.05, 0) is 18.9 Å². The van der Waals surface area contributed by atoms with Crippen molar-refractivity contribution in [2.24, 2.45) is 5.92 Å². The molecule has 0 amide bonds. The number of hydrogen-bond acceptors (Lipinski definition) is 3. The molecule has 1 N–H and O–H groups in total. The van der Waals surface area contributed by atoms with Crippen molar-refractivity contribution in [1.29, 1.82) is 0 Å². The van der Waals surface area contributed by atoms with Crippen LogP contribution in [-0.4, -0.2) is 56.8 Å². The van der Waals surface area contributed by atoms with Crippen molar-refractivity contribution in [1.82, 2.24) is 13.9 Å². The topological polar surface area (TPSA) is 52.7 Å².